The number of carbonyl (C=O) groups is 1. The first kappa shape index (κ1) is 16.4. The zero-order chi connectivity index (χ0) is 16.9. The Hall–Kier alpha value is -2.43. The Kier molecular flexibility index (Phi) is 5.08. The van der Waals surface area contributed by atoms with E-state index in [1.165, 1.54) is 0 Å². The van der Waals surface area contributed by atoms with Gasteiger partial charge in [-0.2, -0.15) is 0 Å². The number of primary amides is 1. The van der Waals surface area contributed by atoms with Gasteiger partial charge in [-0.05, 0) is 25.3 Å². The quantitative estimate of drug-likeness (QED) is 0.644. The summed E-state index contributed by atoms with van der Waals surface area (Å²) in [6.45, 7) is 3.05. The third-order valence-electron chi connectivity index (χ3n) is 4.37. The van der Waals surface area contributed by atoms with Crippen molar-refractivity contribution in [1.29, 1.82) is 0 Å². The van der Waals surface area contributed by atoms with Crippen LogP contribution in [0.25, 0.3) is 21.9 Å². The van der Waals surface area contributed by atoms with Crippen molar-refractivity contribution in [3.05, 3.63) is 36.3 Å². The fourth-order valence-corrected chi connectivity index (χ4v) is 3.15. The third kappa shape index (κ3) is 3.40. The van der Waals surface area contributed by atoms with Crippen LogP contribution >= 0.6 is 0 Å². The number of aromatic nitrogens is 3. The molecule has 2 N–H and O–H groups in total. The minimum atomic E-state index is -0.230. The summed E-state index contributed by atoms with van der Waals surface area (Å²) in [6, 6.07) is 8.19. The Bertz CT molecular complexity index is 853. The van der Waals surface area contributed by atoms with Crippen LogP contribution in [-0.4, -0.2) is 20.4 Å². The lowest BCUT2D eigenvalue weighted by atomic mass is 10.2. The number of pyridine rings is 1. The number of aryl methyl sites for hydroxylation is 2. The van der Waals surface area contributed by atoms with E-state index in [4.69, 9.17) is 10.7 Å². The van der Waals surface area contributed by atoms with Gasteiger partial charge in [-0.1, -0.05) is 31.5 Å². The van der Waals surface area contributed by atoms with Gasteiger partial charge >= 0.3 is 0 Å². The third-order valence-corrected chi connectivity index (χ3v) is 4.37. The van der Waals surface area contributed by atoms with E-state index < -0.39 is 0 Å². The molecule has 0 aliphatic rings. The summed E-state index contributed by atoms with van der Waals surface area (Å²) in [5.74, 6) is 0.885. The van der Waals surface area contributed by atoms with E-state index in [9.17, 15) is 4.79 Å². The highest BCUT2D eigenvalue weighted by Crippen LogP contribution is 2.26. The number of rotatable bonds is 8. The molecule has 5 heteroatoms. The SMILES string of the molecule is CCCCc1nc2cnc3ccccc3c2n1CCCCC(N)=O. The van der Waals surface area contributed by atoms with Crippen LogP contribution in [0.15, 0.2) is 30.5 Å². The summed E-state index contributed by atoms with van der Waals surface area (Å²) in [5, 5.41) is 1.14. The molecule has 0 saturated heterocycles. The van der Waals surface area contributed by atoms with Gasteiger partial charge in [0.25, 0.3) is 0 Å². The second-order valence-corrected chi connectivity index (χ2v) is 6.22. The molecule has 3 rings (SSSR count). The summed E-state index contributed by atoms with van der Waals surface area (Å²) in [4.78, 5) is 20.3. The number of imidazole rings is 1. The molecule has 0 atom stereocenters. The number of nitrogens with zero attached hydrogens (tertiary/aromatic N) is 3. The second kappa shape index (κ2) is 7.43. The summed E-state index contributed by atoms with van der Waals surface area (Å²) in [6.07, 6.45) is 7.27. The van der Waals surface area contributed by atoms with Gasteiger partial charge in [-0.3, -0.25) is 9.78 Å². The Morgan fingerprint density at radius 3 is 2.79 bits per heavy atom. The zero-order valence-electron chi connectivity index (χ0n) is 14.2. The lowest BCUT2D eigenvalue weighted by molar-refractivity contribution is -0.118. The molecule has 1 aromatic carbocycles. The maximum absolute atomic E-state index is 11.0. The molecule has 0 radical (unpaired) electrons. The molecule has 0 saturated carbocycles. The minimum absolute atomic E-state index is 0.230. The van der Waals surface area contributed by atoms with Crippen LogP contribution in [0.3, 0.4) is 0 Å². The Morgan fingerprint density at radius 2 is 2.00 bits per heavy atom. The fourth-order valence-electron chi connectivity index (χ4n) is 3.15. The smallest absolute Gasteiger partial charge is 0.217 e. The monoisotopic (exact) mass is 324 g/mol. The van der Waals surface area contributed by atoms with E-state index in [-0.39, 0.29) is 5.91 Å². The largest absolute Gasteiger partial charge is 0.370 e. The van der Waals surface area contributed by atoms with Crippen LogP contribution in [0, 0.1) is 0 Å². The number of fused-ring (bicyclic) bond motifs is 3. The summed E-state index contributed by atoms with van der Waals surface area (Å²) in [7, 11) is 0. The fraction of sp³-hybridized carbons (Fsp3) is 0.421. The molecule has 0 bridgehead atoms. The molecule has 2 heterocycles. The average molecular weight is 324 g/mol. The molecular weight excluding hydrogens is 300 g/mol. The predicted molar refractivity (Wildman–Crippen MR) is 96.7 cm³/mol. The maximum atomic E-state index is 11.0. The standard InChI is InChI=1S/C19H24N4O/c1-2-3-11-18-22-16-13-21-15-9-5-4-8-14(15)19(16)23(18)12-7-6-10-17(20)24/h4-5,8-9,13H,2-3,6-7,10-12H2,1H3,(H2,20,24). The van der Waals surface area contributed by atoms with Crippen LogP contribution in [0.2, 0.25) is 0 Å². The number of nitrogens with two attached hydrogens (primary N) is 1. The van der Waals surface area contributed by atoms with Crippen LogP contribution in [-0.2, 0) is 17.8 Å². The highest BCUT2D eigenvalue weighted by molar-refractivity contribution is 6.02. The summed E-state index contributed by atoms with van der Waals surface area (Å²) in [5.41, 5.74) is 8.35. The minimum Gasteiger partial charge on any atom is -0.370 e. The lowest BCUT2D eigenvalue weighted by Gasteiger charge is -2.10. The van der Waals surface area contributed by atoms with Gasteiger partial charge in [-0.15, -0.1) is 0 Å². The van der Waals surface area contributed by atoms with E-state index in [1.54, 1.807) is 0 Å². The molecule has 0 aliphatic heterocycles. The van der Waals surface area contributed by atoms with Crippen molar-refractivity contribution >= 4 is 27.8 Å². The molecule has 3 aromatic rings. The molecule has 1 amide bonds. The zero-order valence-corrected chi connectivity index (χ0v) is 14.2. The van der Waals surface area contributed by atoms with Crippen LogP contribution in [0.4, 0.5) is 0 Å². The molecule has 0 fully saturated rings. The molecule has 0 spiro atoms. The van der Waals surface area contributed by atoms with Gasteiger partial charge in [0.05, 0.1) is 17.2 Å². The van der Waals surface area contributed by atoms with Gasteiger partial charge < -0.3 is 10.3 Å². The van der Waals surface area contributed by atoms with Gasteiger partial charge in [0.15, 0.2) is 0 Å². The van der Waals surface area contributed by atoms with Crippen molar-refractivity contribution in [1.82, 2.24) is 14.5 Å². The Balaban J connectivity index is 2.00. The van der Waals surface area contributed by atoms with Crippen molar-refractivity contribution in [2.24, 2.45) is 5.73 Å². The average Bonchev–Trinajstić information content (AvgIpc) is 2.94. The van der Waals surface area contributed by atoms with Crippen LogP contribution < -0.4 is 5.73 Å². The number of unbranched alkanes of at least 4 members (excludes halogenated alkanes) is 2. The van der Waals surface area contributed by atoms with Crippen molar-refractivity contribution in [2.75, 3.05) is 0 Å². The van der Waals surface area contributed by atoms with Crippen molar-refractivity contribution in [3.63, 3.8) is 0 Å². The number of para-hydroxylation sites is 1. The topological polar surface area (TPSA) is 73.8 Å². The Labute approximate surface area is 141 Å². The number of hydrogen-bond donors (Lipinski definition) is 1. The van der Waals surface area contributed by atoms with Crippen LogP contribution in [0.1, 0.15) is 44.9 Å². The number of hydrogen-bond acceptors (Lipinski definition) is 3. The van der Waals surface area contributed by atoms with Crippen molar-refractivity contribution in [3.8, 4) is 0 Å². The van der Waals surface area contributed by atoms with E-state index >= 15 is 0 Å². The number of benzene rings is 1. The highest BCUT2D eigenvalue weighted by Gasteiger charge is 2.13. The number of amides is 1. The maximum Gasteiger partial charge on any atom is 0.217 e. The van der Waals surface area contributed by atoms with Crippen LogP contribution in [0.5, 0.6) is 0 Å². The van der Waals surface area contributed by atoms with Gasteiger partial charge in [0.2, 0.25) is 5.91 Å². The molecule has 5 nitrogen and oxygen atoms in total. The van der Waals surface area contributed by atoms with E-state index in [2.05, 4.69) is 22.5 Å². The first-order valence-electron chi connectivity index (χ1n) is 8.72. The summed E-state index contributed by atoms with van der Waals surface area (Å²) < 4.78 is 2.32. The van der Waals surface area contributed by atoms with Crippen molar-refractivity contribution < 1.29 is 4.79 Å². The van der Waals surface area contributed by atoms with Gasteiger partial charge in [0, 0.05) is 24.8 Å². The Morgan fingerprint density at radius 1 is 1.17 bits per heavy atom. The molecule has 126 valence electrons. The lowest BCUT2D eigenvalue weighted by Crippen LogP contribution is -2.11. The number of carbonyl (C=O) groups excluding carboxylic acids is 1. The second-order valence-electron chi connectivity index (χ2n) is 6.22. The normalized spacial score (nSPS) is 11.4. The molecule has 2 aromatic heterocycles. The highest BCUT2D eigenvalue weighted by atomic mass is 16.1. The molecule has 0 unspecified atom stereocenters. The molecule has 24 heavy (non-hydrogen) atoms. The van der Waals surface area contributed by atoms with Crippen molar-refractivity contribution in [2.45, 2.75) is 52.0 Å². The van der Waals surface area contributed by atoms with Gasteiger partial charge in [-0.25, -0.2) is 4.98 Å². The predicted octanol–water partition coefficient (Wildman–Crippen LogP) is 3.58. The molecular formula is C19H24N4O. The summed E-state index contributed by atoms with van der Waals surface area (Å²) >= 11 is 0. The van der Waals surface area contributed by atoms with Gasteiger partial charge in [0.1, 0.15) is 11.3 Å². The first-order chi connectivity index (χ1) is 11.7. The first-order valence-corrected chi connectivity index (χ1v) is 8.72. The van der Waals surface area contributed by atoms with E-state index in [1.807, 2.05) is 24.4 Å². The molecule has 0 aliphatic carbocycles. The van der Waals surface area contributed by atoms with E-state index in [0.29, 0.717) is 6.42 Å². The van der Waals surface area contributed by atoms with E-state index in [0.717, 1.165) is 66.4 Å².